The average molecular weight is 294 g/mol. The molecule has 0 spiro atoms. The maximum Gasteiger partial charge on any atom is 0.269 e. The molecular formula is C15H22N2O4. The van der Waals surface area contributed by atoms with Crippen LogP contribution in [0.3, 0.4) is 0 Å². The highest BCUT2D eigenvalue weighted by Crippen LogP contribution is 2.20. The number of hydrogen-bond donors (Lipinski definition) is 0. The van der Waals surface area contributed by atoms with Gasteiger partial charge in [0.1, 0.15) is 12.4 Å². The van der Waals surface area contributed by atoms with E-state index in [2.05, 4.69) is 0 Å². The van der Waals surface area contributed by atoms with E-state index in [1.165, 1.54) is 12.1 Å². The van der Waals surface area contributed by atoms with E-state index in [1.54, 1.807) is 24.1 Å². The third-order valence-corrected chi connectivity index (χ3v) is 3.39. The Bertz CT molecular complexity index is 497. The maximum atomic E-state index is 11.9. The first kappa shape index (κ1) is 16.9. The molecule has 0 N–H and O–H groups in total. The van der Waals surface area contributed by atoms with Crippen LogP contribution >= 0.6 is 0 Å². The zero-order valence-corrected chi connectivity index (χ0v) is 13.0. The van der Waals surface area contributed by atoms with Gasteiger partial charge < -0.3 is 9.64 Å². The number of nitrogens with zero attached hydrogens (tertiary/aromatic N) is 2. The van der Waals surface area contributed by atoms with E-state index >= 15 is 0 Å². The van der Waals surface area contributed by atoms with Crippen molar-refractivity contribution in [3.63, 3.8) is 0 Å². The van der Waals surface area contributed by atoms with Gasteiger partial charge in [-0.3, -0.25) is 14.9 Å². The van der Waals surface area contributed by atoms with Gasteiger partial charge in [0.2, 0.25) is 5.91 Å². The highest BCUT2D eigenvalue weighted by atomic mass is 16.6. The van der Waals surface area contributed by atoms with Gasteiger partial charge in [-0.25, -0.2) is 0 Å². The highest BCUT2D eigenvalue weighted by Gasteiger charge is 2.28. The molecule has 0 aromatic heterocycles. The number of rotatable bonds is 7. The average Bonchev–Trinajstić information content (AvgIpc) is 2.45. The molecule has 6 nitrogen and oxygen atoms in total. The fourth-order valence-corrected chi connectivity index (χ4v) is 1.74. The van der Waals surface area contributed by atoms with E-state index < -0.39 is 10.5 Å². The predicted octanol–water partition coefficient (Wildman–Crippen LogP) is 3.01. The lowest BCUT2D eigenvalue weighted by Crippen LogP contribution is -2.49. The van der Waals surface area contributed by atoms with Crippen LogP contribution < -0.4 is 4.74 Å². The first-order valence-electron chi connectivity index (χ1n) is 6.92. The minimum absolute atomic E-state index is 0.0249. The van der Waals surface area contributed by atoms with Crippen molar-refractivity contribution in [1.29, 1.82) is 0 Å². The van der Waals surface area contributed by atoms with E-state index in [0.29, 0.717) is 18.8 Å². The van der Waals surface area contributed by atoms with Gasteiger partial charge in [-0.15, -0.1) is 0 Å². The van der Waals surface area contributed by atoms with E-state index in [4.69, 9.17) is 4.74 Å². The first-order valence-corrected chi connectivity index (χ1v) is 6.92. The lowest BCUT2D eigenvalue weighted by Gasteiger charge is -2.35. The summed E-state index contributed by atoms with van der Waals surface area (Å²) in [6.45, 7) is 6.13. The topological polar surface area (TPSA) is 72.7 Å². The second kappa shape index (κ2) is 7.06. The van der Waals surface area contributed by atoms with Crippen LogP contribution in [0.4, 0.5) is 5.69 Å². The molecule has 0 aliphatic rings. The molecule has 1 rings (SSSR count). The summed E-state index contributed by atoms with van der Waals surface area (Å²) >= 11 is 0. The van der Waals surface area contributed by atoms with Crippen molar-refractivity contribution in [3.8, 4) is 5.75 Å². The number of nitro groups is 1. The molecule has 116 valence electrons. The Hall–Kier alpha value is -2.11. The normalized spacial score (nSPS) is 11.0. The lowest BCUT2D eigenvalue weighted by molar-refractivity contribution is -0.384. The van der Waals surface area contributed by atoms with Gasteiger partial charge in [-0.2, -0.15) is 0 Å². The predicted molar refractivity (Wildman–Crippen MR) is 80.3 cm³/mol. The standard InChI is InChI=1S/C15H22N2O4/c1-5-6-14(18)16(4)15(2,3)11-21-13-9-7-12(8-10-13)17(19)20/h7-10H,5-6,11H2,1-4H3. The van der Waals surface area contributed by atoms with Crippen molar-refractivity contribution in [2.75, 3.05) is 13.7 Å². The Kier molecular flexibility index (Phi) is 5.69. The molecule has 21 heavy (non-hydrogen) atoms. The number of non-ortho nitro benzene ring substituents is 1. The number of amides is 1. The van der Waals surface area contributed by atoms with E-state index in [0.717, 1.165) is 6.42 Å². The molecule has 1 aromatic carbocycles. The summed E-state index contributed by atoms with van der Waals surface area (Å²) in [5, 5.41) is 10.6. The minimum atomic E-state index is -0.453. The summed E-state index contributed by atoms with van der Waals surface area (Å²) in [4.78, 5) is 23.7. The molecule has 0 atom stereocenters. The van der Waals surface area contributed by atoms with Gasteiger partial charge in [0.25, 0.3) is 5.69 Å². The molecule has 0 aliphatic heterocycles. The molecule has 0 bridgehead atoms. The largest absolute Gasteiger partial charge is 0.491 e. The highest BCUT2D eigenvalue weighted by molar-refractivity contribution is 5.76. The smallest absolute Gasteiger partial charge is 0.269 e. The summed E-state index contributed by atoms with van der Waals surface area (Å²) in [6, 6.07) is 5.91. The number of benzene rings is 1. The second-order valence-corrected chi connectivity index (χ2v) is 5.55. The fourth-order valence-electron chi connectivity index (χ4n) is 1.74. The van der Waals surface area contributed by atoms with Crippen molar-refractivity contribution < 1.29 is 14.5 Å². The monoisotopic (exact) mass is 294 g/mol. The third-order valence-electron chi connectivity index (χ3n) is 3.39. The zero-order valence-electron chi connectivity index (χ0n) is 13.0. The maximum absolute atomic E-state index is 11.9. The van der Waals surface area contributed by atoms with E-state index in [-0.39, 0.29) is 11.6 Å². The minimum Gasteiger partial charge on any atom is -0.491 e. The lowest BCUT2D eigenvalue weighted by atomic mass is 10.0. The summed E-state index contributed by atoms with van der Waals surface area (Å²) in [7, 11) is 1.76. The fraction of sp³-hybridized carbons (Fsp3) is 0.533. The first-order chi connectivity index (χ1) is 9.77. The number of carbonyl (C=O) groups is 1. The molecule has 6 heteroatoms. The van der Waals surface area contributed by atoms with Crippen molar-refractivity contribution in [3.05, 3.63) is 34.4 Å². The van der Waals surface area contributed by atoms with Gasteiger partial charge in [0.15, 0.2) is 0 Å². The van der Waals surface area contributed by atoms with Crippen molar-refractivity contribution in [1.82, 2.24) is 4.90 Å². The third kappa shape index (κ3) is 4.73. The molecule has 1 aromatic rings. The van der Waals surface area contributed by atoms with Crippen LogP contribution in [0, 0.1) is 10.1 Å². The van der Waals surface area contributed by atoms with E-state index in [1.807, 2.05) is 20.8 Å². The van der Waals surface area contributed by atoms with Gasteiger partial charge in [0, 0.05) is 25.6 Å². The molecule has 0 saturated heterocycles. The van der Waals surface area contributed by atoms with Crippen molar-refractivity contribution in [2.45, 2.75) is 39.2 Å². The molecule has 0 aliphatic carbocycles. The van der Waals surface area contributed by atoms with E-state index in [9.17, 15) is 14.9 Å². The van der Waals surface area contributed by atoms with Crippen LogP contribution in [0.25, 0.3) is 0 Å². The van der Waals surface area contributed by atoms with Gasteiger partial charge >= 0.3 is 0 Å². The molecule has 1 amide bonds. The number of likely N-dealkylation sites (N-methyl/N-ethyl adjacent to an activating group) is 1. The van der Waals surface area contributed by atoms with Crippen LogP contribution in [0.15, 0.2) is 24.3 Å². The second-order valence-electron chi connectivity index (χ2n) is 5.55. The van der Waals surface area contributed by atoms with Gasteiger partial charge in [-0.05, 0) is 32.4 Å². The number of nitro benzene ring substituents is 1. The van der Waals surface area contributed by atoms with Crippen LogP contribution in [-0.4, -0.2) is 34.9 Å². The molecule has 0 unspecified atom stereocenters. The zero-order chi connectivity index (χ0) is 16.0. The Morgan fingerprint density at radius 2 is 1.90 bits per heavy atom. The van der Waals surface area contributed by atoms with Gasteiger partial charge in [0.05, 0.1) is 10.5 Å². The Labute approximate surface area is 124 Å². The molecule has 0 heterocycles. The summed E-state index contributed by atoms with van der Waals surface area (Å²) in [5.74, 6) is 0.625. The van der Waals surface area contributed by atoms with Crippen LogP contribution in [0.5, 0.6) is 5.75 Å². The number of ether oxygens (including phenoxy) is 1. The quantitative estimate of drug-likeness (QED) is 0.572. The number of hydrogen-bond acceptors (Lipinski definition) is 4. The van der Waals surface area contributed by atoms with Crippen molar-refractivity contribution in [2.24, 2.45) is 0 Å². The SMILES string of the molecule is CCCC(=O)N(C)C(C)(C)COc1ccc([N+](=O)[O-])cc1. The summed E-state index contributed by atoms with van der Waals surface area (Å²) in [6.07, 6.45) is 1.32. The van der Waals surface area contributed by atoms with Crippen LogP contribution in [0.2, 0.25) is 0 Å². The van der Waals surface area contributed by atoms with Crippen molar-refractivity contribution >= 4 is 11.6 Å². The van der Waals surface area contributed by atoms with Gasteiger partial charge in [-0.1, -0.05) is 6.92 Å². The molecular weight excluding hydrogens is 272 g/mol. The molecule has 0 radical (unpaired) electrons. The van der Waals surface area contributed by atoms with Crippen LogP contribution in [0.1, 0.15) is 33.6 Å². The Balaban J connectivity index is 2.64. The Morgan fingerprint density at radius 1 is 1.33 bits per heavy atom. The summed E-state index contributed by atoms with van der Waals surface area (Å²) in [5.41, 5.74) is -0.426. The van der Waals surface area contributed by atoms with Crippen LogP contribution in [-0.2, 0) is 4.79 Å². The number of carbonyl (C=O) groups excluding carboxylic acids is 1. The summed E-state index contributed by atoms with van der Waals surface area (Å²) < 4.78 is 5.64. The molecule has 0 fully saturated rings. The Morgan fingerprint density at radius 3 is 2.38 bits per heavy atom. The molecule has 0 saturated carbocycles.